The number of carbonyl (C=O) groups is 1. The topological polar surface area (TPSA) is 67.2 Å². The Balaban J connectivity index is 1.98. The number of aromatic carboxylic acids is 1. The van der Waals surface area contributed by atoms with Gasteiger partial charge in [0.2, 0.25) is 0 Å². The molecule has 0 aliphatic rings. The minimum absolute atomic E-state index is 0.368. The van der Waals surface area contributed by atoms with E-state index >= 15 is 0 Å². The molecule has 0 bridgehead atoms. The average molecular weight is 305 g/mol. The molecule has 0 saturated carbocycles. The lowest BCUT2D eigenvalue weighted by Crippen LogP contribution is -2.10. The van der Waals surface area contributed by atoms with Crippen molar-refractivity contribution in [2.45, 2.75) is 24.8 Å². The third-order valence-corrected chi connectivity index (χ3v) is 3.95. The number of imidazole rings is 1. The molecule has 1 heterocycles. The Bertz CT molecular complexity index is 585. The fourth-order valence-corrected chi connectivity index (χ4v) is 2.91. The number of hydrogen-bond acceptors (Lipinski definition) is 4. The van der Waals surface area contributed by atoms with Crippen LogP contribution in [0.25, 0.3) is 0 Å². The molecule has 2 rings (SSSR count). The zero-order valence-corrected chi connectivity index (χ0v) is 12.8. The standard InChI is InChI=1S/C15H19N3O2S/c1-2-21-13-6-3-5-12(14(13)15(19)20)17-7-4-9-18-10-8-16-11-18/h3,5-6,8,10-11,17H,2,4,7,9H2,1H3,(H,19,20). The average Bonchev–Trinajstić information content (AvgIpc) is 2.97. The van der Waals surface area contributed by atoms with E-state index in [-0.39, 0.29) is 0 Å². The van der Waals surface area contributed by atoms with Gasteiger partial charge in [0, 0.05) is 36.1 Å². The number of nitrogens with one attached hydrogen (secondary N) is 1. The molecule has 6 heteroatoms. The van der Waals surface area contributed by atoms with Crippen molar-refractivity contribution in [1.29, 1.82) is 0 Å². The van der Waals surface area contributed by atoms with E-state index in [0.717, 1.165) is 30.2 Å². The van der Waals surface area contributed by atoms with E-state index in [1.165, 1.54) is 0 Å². The number of nitrogens with zero attached hydrogens (tertiary/aromatic N) is 2. The van der Waals surface area contributed by atoms with Crippen molar-refractivity contribution >= 4 is 23.4 Å². The maximum atomic E-state index is 11.5. The van der Waals surface area contributed by atoms with Crippen LogP contribution < -0.4 is 5.32 Å². The molecule has 112 valence electrons. The maximum Gasteiger partial charge on any atom is 0.338 e. The van der Waals surface area contributed by atoms with Crippen LogP contribution in [0.5, 0.6) is 0 Å². The van der Waals surface area contributed by atoms with Gasteiger partial charge in [-0.1, -0.05) is 13.0 Å². The molecule has 0 fully saturated rings. The van der Waals surface area contributed by atoms with E-state index in [0.29, 0.717) is 11.3 Å². The van der Waals surface area contributed by atoms with Crippen molar-refractivity contribution < 1.29 is 9.90 Å². The first kappa shape index (κ1) is 15.4. The van der Waals surface area contributed by atoms with Crippen LogP contribution in [-0.2, 0) is 6.54 Å². The van der Waals surface area contributed by atoms with Crippen LogP contribution in [0.3, 0.4) is 0 Å². The van der Waals surface area contributed by atoms with E-state index in [1.54, 1.807) is 24.3 Å². The molecule has 1 aromatic carbocycles. The summed E-state index contributed by atoms with van der Waals surface area (Å²) < 4.78 is 2.00. The number of carboxylic acid groups (broad SMARTS) is 1. The van der Waals surface area contributed by atoms with Gasteiger partial charge in [-0.25, -0.2) is 9.78 Å². The normalized spacial score (nSPS) is 10.5. The molecule has 2 aromatic rings. The first-order chi connectivity index (χ1) is 10.2. The Morgan fingerprint density at radius 1 is 1.48 bits per heavy atom. The largest absolute Gasteiger partial charge is 0.478 e. The fraction of sp³-hybridized carbons (Fsp3) is 0.333. The van der Waals surface area contributed by atoms with E-state index < -0.39 is 5.97 Å². The van der Waals surface area contributed by atoms with Gasteiger partial charge in [-0.3, -0.25) is 0 Å². The van der Waals surface area contributed by atoms with Gasteiger partial charge in [0.25, 0.3) is 0 Å². The van der Waals surface area contributed by atoms with Gasteiger partial charge in [-0.2, -0.15) is 0 Å². The predicted octanol–water partition coefficient (Wildman–Crippen LogP) is 3.20. The zero-order valence-electron chi connectivity index (χ0n) is 12.0. The second kappa shape index (κ2) is 7.73. The number of benzene rings is 1. The Morgan fingerprint density at radius 3 is 3.00 bits per heavy atom. The summed E-state index contributed by atoms with van der Waals surface area (Å²) in [7, 11) is 0. The highest BCUT2D eigenvalue weighted by atomic mass is 32.2. The highest BCUT2D eigenvalue weighted by Crippen LogP contribution is 2.28. The molecule has 0 aliphatic carbocycles. The first-order valence-corrected chi connectivity index (χ1v) is 7.89. The van der Waals surface area contributed by atoms with Crippen molar-refractivity contribution in [1.82, 2.24) is 9.55 Å². The number of thioether (sulfide) groups is 1. The van der Waals surface area contributed by atoms with Gasteiger partial charge in [0.1, 0.15) is 0 Å². The van der Waals surface area contributed by atoms with Crippen LogP contribution in [0.2, 0.25) is 0 Å². The van der Waals surface area contributed by atoms with Crippen LogP contribution in [-0.4, -0.2) is 32.9 Å². The summed E-state index contributed by atoms with van der Waals surface area (Å²) >= 11 is 1.55. The second-order valence-electron chi connectivity index (χ2n) is 4.50. The molecule has 0 saturated heterocycles. The van der Waals surface area contributed by atoms with Gasteiger partial charge in [0.05, 0.1) is 11.9 Å². The lowest BCUT2D eigenvalue weighted by atomic mass is 10.1. The summed E-state index contributed by atoms with van der Waals surface area (Å²) in [5.74, 6) is -0.0340. The summed E-state index contributed by atoms with van der Waals surface area (Å²) in [6, 6.07) is 5.57. The van der Waals surface area contributed by atoms with Gasteiger partial charge < -0.3 is 15.0 Å². The van der Waals surface area contributed by atoms with Crippen molar-refractivity contribution in [2.24, 2.45) is 0 Å². The first-order valence-electron chi connectivity index (χ1n) is 6.91. The molecule has 0 spiro atoms. The van der Waals surface area contributed by atoms with Crippen molar-refractivity contribution in [3.05, 3.63) is 42.5 Å². The molecular weight excluding hydrogens is 286 g/mol. The Morgan fingerprint density at radius 2 is 2.33 bits per heavy atom. The number of carboxylic acids is 1. The third-order valence-electron chi connectivity index (χ3n) is 3.01. The van der Waals surface area contributed by atoms with E-state index in [4.69, 9.17) is 0 Å². The van der Waals surface area contributed by atoms with Crippen LogP contribution in [0, 0.1) is 0 Å². The fourth-order valence-electron chi connectivity index (χ4n) is 2.08. The SMILES string of the molecule is CCSc1cccc(NCCCn2ccnc2)c1C(=O)O. The lowest BCUT2D eigenvalue weighted by molar-refractivity contribution is 0.0694. The van der Waals surface area contributed by atoms with Crippen molar-refractivity contribution in [2.75, 3.05) is 17.6 Å². The van der Waals surface area contributed by atoms with Gasteiger partial charge in [0.15, 0.2) is 0 Å². The molecule has 0 amide bonds. The summed E-state index contributed by atoms with van der Waals surface area (Å²) in [6.45, 7) is 3.60. The molecule has 0 unspecified atom stereocenters. The van der Waals surface area contributed by atoms with Crippen LogP contribution in [0.15, 0.2) is 41.8 Å². The van der Waals surface area contributed by atoms with Crippen molar-refractivity contribution in [3.8, 4) is 0 Å². The molecule has 0 aliphatic heterocycles. The summed E-state index contributed by atoms with van der Waals surface area (Å²) in [4.78, 5) is 16.3. The summed E-state index contributed by atoms with van der Waals surface area (Å²) in [5.41, 5.74) is 1.05. The zero-order chi connectivity index (χ0) is 15.1. The highest BCUT2D eigenvalue weighted by Gasteiger charge is 2.15. The Kier molecular flexibility index (Phi) is 5.68. The maximum absolute atomic E-state index is 11.5. The molecule has 5 nitrogen and oxygen atoms in total. The van der Waals surface area contributed by atoms with Gasteiger partial charge in [-0.15, -0.1) is 11.8 Å². The number of rotatable bonds is 8. The van der Waals surface area contributed by atoms with E-state index in [2.05, 4.69) is 10.3 Å². The lowest BCUT2D eigenvalue weighted by Gasteiger charge is -2.13. The highest BCUT2D eigenvalue weighted by molar-refractivity contribution is 7.99. The molecular formula is C15H19N3O2S. The Hall–Kier alpha value is -1.95. The minimum atomic E-state index is -0.886. The summed E-state index contributed by atoms with van der Waals surface area (Å²) in [5, 5.41) is 12.6. The molecule has 0 atom stereocenters. The predicted molar refractivity (Wildman–Crippen MR) is 85.1 cm³/mol. The molecule has 2 N–H and O–H groups in total. The van der Waals surface area contributed by atoms with Gasteiger partial charge >= 0.3 is 5.97 Å². The van der Waals surface area contributed by atoms with Crippen LogP contribution >= 0.6 is 11.8 Å². The van der Waals surface area contributed by atoms with Crippen LogP contribution in [0.1, 0.15) is 23.7 Å². The molecule has 0 radical (unpaired) electrons. The van der Waals surface area contributed by atoms with E-state index in [1.807, 2.05) is 35.9 Å². The number of hydrogen-bond donors (Lipinski definition) is 2. The van der Waals surface area contributed by atoms with Gasteiger partial charge in [-0.05, 0) is 24.3 Å². The van der Waals surface area contributed by atoms with E-state index in [9.17, 15) is 9.90 Å². The second-order valence-corrected chi connectivity index (χ2v) is 5.80. The Labute approximate surface area is 128 Å². The number of aromatic nitrogens is 2. The quantitative estimate of drug-likeness (QED) is 0.579. The smallest absolute Gasteiger partial charge is 0.338 e. The monoisotopic (exact) mass is 305 g/mol. The van der Waals surface area contributed by atoms with Crippen molar-refractivity contribution in [3.63, 3.8) is 0 Å². The number of anilines is 1. The number of aryl methyl sites for hydroxylation is 1. The van der Waals surface area contributed by atoms with Crippen LogP contribution in [0.4, 0.5) is 5.69 Å². The third kappa shape index (κ3) is 4.26. The summed E-state index contributed by atoms with van der Waals surface area (Å²) in [6.07, 6.45) is 6.35. The minimum Gasteiger partial charge on any atom is -0.478 e. The molecule has 1 aromatic heterocycles. The molecule has 21 heavy (non-hydrogen) atoms.